The van der Waals surface area contributed by atoms with Crippen LogP contribution in [0.1, 0.15) is 60.3 Å². The van der Waals surface area contributed by atoms with Gasteiger partial charge < -0.3 is 11.1 Å². The van der Waals surface area contributed by atoms with Crippen LogP contribution in [0.4, 0.5) is 0 Å². The number of nitrogens with two attached hydrogens (primary N) is 1. The Kier molecular flexibility index (Phi) is 9.08. The zero-order valence-corrected chi connectivity index (χ0v) is 12.8. The van der Waals surface area contributed by atoms with Gasteiger partial charge in [0, 0.05) is 12.5 Å². The van der Waals surface area contributed by atoms with Gasteiger partial charge in [-0.3, -0.25) is 4.79 Å². The highest BCUT2D eigenvalue weighted by molar-refractivity contribution is 5.76. The quantitative estimate of drug-likeness (QED) is 0.666. The second-order valence-electron chi connectivity index (χ2n) is 6.38. The van der Waals surface area contributed by atoms with Gasteiger partial charge in [-0.25, -0.2) is 0 Å². The molecule has 0 aliphatic heterocycles. The van der Waals surface area contributed by atoms with E-state index in [9.17, 15) is 4.79 Å². The summed E-state index contributed by atoms with van der Waals surface area (Å²) >= 11 is 0. The first-order chi connectivity index (χ1) is 8.35. The minimum Gasteiger partial charge on any atom is -0.354 e. The Morgan fingerprint density at radius 1 is 1.06 bits per heavy atom. The number of amides is 1. The number of nitrogens with one attached hydrogen (secondary N) is 1. The van der Waals surface area contributed by atoms with E-state index >= 15 is 0 Å². The van der Waals surface area contributed by atoms with Gasteiger partial charge in [-0.1, -0.05) is 27.7 Å². The van der Waals surface area contributed by atoms with Crippen LogP contribution < -0.4 is 11.1 Å². The van der Waals surface area contributed by atoms with E-state index in [0.29, 0.717) is 30.7 Å². The zero-order chi connectivity index (χ0) is 14.1. The van der Waals surface area contributed by atoms with Gasteiger partial charge in [0.25, 0.3) is 0 Å². The standard InChI is InChI=1S/C15H32N2O/c1-11(2)6-7-13(5)17-15(18)9-14(10-16)8-12(3)4/h11-14H,6-10,16H2,1-5H3,(H,17,18). The van der Waals surface area contributed by atoms with Crippen LogP contribution in [0.15, 0.2) is 0 Å². The molecule has 3 nitrogen and oxygen atoms in total. The highest BCUT2D eigenvalue weighted by Crippen LogP contribution is 2.14. The van der Waals surface area contributed by atoms with E-state index < -0.39 is 0 Å². The Labute approximate surface area is 113 Å². The van der Waals surface area contributed by atoms with Gasteiger partial charge >= 0.3 is 0 Å². The van der Waals surface area contributed by atoms with Crippen molar-refractivity contribution in [3.05, 3.63) is 0 Å². The lowest BCUT2D eigenvalue weighted by Gasteiger charge is -2.19. The maximum absolute atomic E-state index is 11.9. The molecule has 0 saturated carbocycles. The van der Waals surface area contributed by atoms with Crippen LogP contribution in [0.2, 0.25) is 0 Å². The number of carbonyl (C=O) groups excluding carboxylic acids is 1. The van der Waals surface area contributed by atoms with Crippen LogP contribution in [0.5, 0.6) is 0 Å². The van der Waals surface area contributed by atoms with Crippen LogP contribution in [0, 0.1) is 17.8 Å². The minimum atomic E-state index is 0.155. The van der Waals surface area contributed by atoms with Gasteiger partial charge in [0.2, 0.25) is 5.91 Å². The monoisotopic (exact) mass is 256 g/mol. The highest BCUT2D eigenvalue weighted by atomic mass is 16.1. The summed E-state index contributed by atoms with van der Waals surface area (Å²) in [7, 11) is 0. The largest absolute Gasteiger partial charge is 0.354 e. The van der Waals surface area contributed by atoms with Crippen LogP contribution in [0.3, 0.4) is 0 Å². The third kappa shape index (κ3) is 9.46. The Morgan fingerprint density at radius 3 is 2.11 bits per heavy atom. The second kappa shape index (κ2) is 9.37. The molecule has 0 fully saturated rings. The minimum absolute atomic E-state index is 0.155. The average molecular weight is 256 g/mol. The van der Waals surface area contributed by atoms with Crippen LogP contribution in [0.25, 0.3) is 0 Å². The van der Waals surface area contributed by atoms with Crippen molar-refractivity contribution in [2.75, 3.05) is 6.54 Å². The summed E-state index contributed by atoms with van der Waals surface area (Å²) in [5.74, 6) is 1.77. The lowest BCUT2D eigenvalue weighted by Crippen LogP contribution is -2.35. The van der Waals surface area contributed by atoms with Crippen molar-refractivity contribution in [3.63, 3.8) is 0 Å². The van der Waals surface area contributed by atoms with Crippen molar-refractivity contribution < 1.29 is 4.79 Å². The second-order valence-corrected chi connectivity index (χ2v) is 6.38. The van der Waals surface area contributed by atoms with E-state index in [1.165, 1.54) is 0 Å². The molecule has 3 N–H and O–H groups in total. The first-order valence-electron chi connectivity index (χ1n) is 7.34. The first-order valence-corrected chi connectivity index (χ1v) is 7.34. The molecule has 0 aromatic heterocycles. The van der Waals surface area contributed by atoms with Crippen molar-refractivity contribution in [3.8, 4) is 0 Å². The summed E-state index contributed by atoms with van der Waals surface area (Å²) in [5.41, 5.74) is 5.72. The molecule has 0 bridgehead atoms. The lowest BCUT2D eigenvalue weighted by molar-refractivity contribution is -0.122. The van der Waals surface area contributed by atoms with E-state index in [1.54, 1.807) is 0 Å². The van der Waals surface area contributed by atoms with Crippen LogP contribution in [-0.2, 0) is 4.79 Å². The molecule has 0 aromatic carbocycles. The van der Waals surface area contributed by atoms with E-state index in [0.717, 1.165) is 19.3 Å². The topological polar surface area (TPSA) is 55.1 Å². The molecule has 2 atom stereocenters. The van der Waals surface area contributed by atoms with Gasteiger partial charge in [0.15, 0.2) is 0 Å². The zero-order valence-electron chi connectivity index (χ0n) is 12.8. The molecule has 0 heterocycles. The number of hydrogen-bond acceptors (Lipinski definition) is 2. The molecule has 0 rings (SSSR count). The number of carbonyl (C=O) groups is 1. The van der Waals surface area contributed by atoms with Gasteiger partial charge in [0.05, 0.1) is 0 Å². The molecule has 0 aromatic rings. The average Bonchev–Trinajstić information content (AvgIpc) is 2.24. The number of rotatable bonds is 9. The molecule has 0 aliphatic rings. The van der Waals surface area contributed by atoms with Gasteiger partial charge in [-0.15, -0.1) is 0 Å². The molecule has 0 aliphatic carbocycles. The summed E-state index contributed by atoms with van der Waals surface area (Å²) in [4.78, 5) is 11.9. The molecular formula is C15H32N2O. The smallest absolute Gasteiger partial charge is 0.220 e. The SMILES string of the molecule is CC(C)CCC(C)NC(=O)CC(CN)CC(C)C. The third-order valence-electron chi connectivity index (χ3n) is 3.20. The van der Waals surface area contributed by atoms with Gasteiger partial charge in [-0.05, 0) is 50.5 Å². The molecular weight excluding hydrogens is 224 g/mol. The van der Waals surface area contributed by atoms with Crippen molar-refractivity contribution in [2.24, 2.45) is 23.5 Å². The molecule has 1 amide bonds. The summed E-state index contributed by atoms with van der Waals surface area (Å²) in [5, 5.41) is 3.08. The van der Waals surface area contributed by atoms with Crippen LogP contribution >= 0.6 is 0 Å². The Balaban J connectivity index is 3.93. The Hall–Kier alpha value is -0.570. The number of hydrogen-bond donors (Lipinski definition) is 2. The fourth-order valence-corrected chi connectivity index (χ4v) is 2.18. The third-order valence-corrected chi connectivity index (χ3v) is 3.20. The predicted octanol–water partition coefficient (Wildman–Crippen LogP) is 2.94. The van der Waals surface area contributed by atoms with Crippen molar-refractivity contribution in [1.29, 1.82) is 0 Å². The van der Waals surface area contributed by atoms with Gasteiger partial charge in [0.1, 0.15) is 0 Å². The summed E-state index contributed by atoms with van der Waals surface area (Å²) in [6, 6.07) is 0.275. The Bertz CT molecular complexity index is 227. The molecule has 3 heteroatoms. The molecule has 108 valence electrons. The fraction of sp³-hybridized carbons (Fsp3) is 0.933. The molecule has 0 saturated heterocycles. The predicted molar refractivity (Wildman–Crippen MR) is 78.3 cm³/mol. The van der Waals surface area contributed by atoms with Gasteiger partial charge in [-0.2, -0.15) is 0 Å². The normalized spacial score (nSPS) is 14.9. The van der Waals surface area contributed by atoms with Crippen molar-refractivity contribution in [1.82, 2.24) is 5.32 Å². The first kappa shape index (κ1) is 17.4. The maximum atomic E-state index is 11.9. The van der Waals surface area contributed by atoms with E-state index in [4.69, 9.17) is 5.73 Å². The van der Waals surface area contributed by atoms with E-state index in [2.05, 4.69) is 39.9 Å². The summed E-state index contributed by atoms with van der Waals surface area (Å²) < 4.78 is 0. The molecule has 0 spiro atoms. The summed E-state index contributed by atoms with van der Waals surface area (Å²) in [6.07, 6.45) is 3.82. The van der Waals surface area contributed by atoms with Crippen molar-refractivity contribution >= 4 is 5.91 Å². The fourth-order valence-electron chi connectivity index (χ4n) is 2.18. The van der Waals surface area contributed by atoms with E-state index in [-0.39, 0.29) is 11.9 Å². The van der Waals surface area contributed by atoms with E-state index in [1.807, 2.05) is 0 Å². The maximum Gasteiger partial charge on any atom is 0.220 e. The lowest BCUT2D eigenvalue weighted by atomic mass is 9.94. The van der Waals surface area contributed by atoms with Crippen molar-refractivity contribution in [2.45, 2.75) is 66.3 Å². The molecule has 0 radical (unpaired) electrons. The summed E-state index contributed by atoms with van der Waals surface area (Å²) in [6.45, 7) is 11.5. The molecule has 18 heavy (non-hydrogen) atoms. The Morgan fingerprint density at radius 2 is 1.67 bits per heavy atom. The molecule has 2 unspecified atom stereocenters. The highest BCUT2D eigenvalue weighted by Gasteiger charge is 2.15. The van der Waals surface area contributed by atoms with Crippen LogP contribution in [-0.4, -0.2) is 18.5 Å².